The smallest absolute Gasteiger partial charge is 0.261 e. The summed E-state index contributed by atoms with van der Waals surface area (Å²) in [6.45, 7) is 0. The zero-order valence-corrected chi connectivity index (χ0v) is 18.7. The maximum Gasteiger partial charge on any atom is 0.261 e. The molecule has 0 aliphatic heterocycles. The van der Waals surface area contributed by atoms with Gasteiger partial charge < -0.3 is 15.1 Å². The van der Waals surface area contributed by atoms with Crippen LogP contribution in [0.2, 0.25) is 10.0 Å². The van der Waals surface area contributed by atoms with Crippen molar-refractivity contribution in [3.05, 3.63) is 112 Å². The van der Waals surface area contributed by atoms with Crippen molar-refractivity contribution in [1.82, 2.24) is 0 Å². The first-order valence-corrected chi connectivity index (χ1v) is 10.8. The van der Waals surface area contributed by atoms with Crippen molar-refractivity contribution in [2.24, 2.45) is 0 Å². The Hall–Kier alpha value is -3.80. The molecule has 4 rings (SSSR count). The number of para-hydroxylation sites is 2. The molecule has 4 aromatic rings. The van der Waals surface area contributed by atoms with Gasteiger partial charge in [0.2, 0.25) is 0 Å². The standard InChI is InChI=1S/C26H18Cl2N2O3/c27-22-13-7-12-20(24(22)28)23-15-14-19(33-23)16-21(25(31)29-17-8-3-1-4-9-17)26(32)30-18-10-5-2-6-11-18/h1-16H,(H,29,31)(H,30,32). The molecule has 0 aliphatic rings. The monoisotopic (exact) mass is 476 g/mol. The summed E-state index contributed by atoms with van der Waals surface area (Å²) in [7, 11) is 0. The Morgan fingerprint density at radius 3 is 1.85 bits per heavy atom. The van der Waals surface area contributed by atoms with E-state index in [1.807, 2.05) is 12.1 Å². The highest BCUT2D eigenvalue weighted by Crippen LogP contribution is 2.34. The number of carbonyl (C=O) groups is 2. The van der Waals surface area contributed by atoms with Crippen molar-refractivity contribution >= 4 is 52.5 Å². The Bertz CT molecular complexity index is 1260. The van der Waals surface area contributed by atoms with Crippen molar-refractivity contribution < 1.29 is 14.0 Å². The van der Waals surface area contributed by atoms with Gasteiger partial charge in [0.15, 0.2) is 0 Å². The van der Waals surface area contributed by atoms with Gasteiger partial charge in [-0.3, -0.25) is 9.59 Å². The number of hydrogen-bond donors (Lipinski definition) is 2. The molecule has 0 saturated carbocycles. The molecule has 1 heterocycles. The predicted octanol–water partition coefficient (Wildman–Crippen LogP) is 6.91. The van der Waals surface area contributed by atoms with Crippen LogP contribution in [-0.4, -0.2) is 11.8 Å². The van der Waals surface area contributed by atoms with E-state index in [-0.39, 0.29) is 5.57 Å². The molecule has 0 spiro atoms. The number of benzene rings is 3. The lowest BCUT2D eigenvalue weighted by molar-refractivity contribution is -0.118. The predicted molar refractivity (Wildman–Crippen MR) is 132 cm³/mol. The summed E-state index contributed by atoms with van der Waals surface area (Å²) in [5.41, 5.74) is 1.60. The first-order valence-electron chi connectivity index (χ1n) is 10.00. The van der Waals surface area contributed by atoms with E-state index in [1.165, 1.54) is 6.08 Å². The van der Waals surface area contributed by atoms with Crippen molar-refractivity contribution in [1.29, 1.82) is 0 Å². The lowest BCUT2D eigenvalue weighted by Gasteiger charge is -2.10. The van der Waals surface area contributed by atoms with Crippen LogP contribution in [0.3, 0.4) is 0 Å². The Kier molecular flexibility index (Phi) is 6.93. The van der Waals surface area contributed by atoms with E-state index in [9.17, 15) is 9.59 Å². The molecule has 2 N–H and O–H groups in total. The number of halogens is 2. The maximum atomic E-state index is 13.0. The summed E-state index contributed by atoms with van der Waals surface area (Å²) < 4.78 is 5.86. The fourth-order valence-corrected chi connectivity index (χ4v) is 3.48. The molecule has 0 bridgehead atoms. The Labute approximate surface area is 200 Å². The molecule has 0 fully saturated rings. The second-order valence-corrected chi connectivity index (χ2v) is 7.79. The van der Waals surface area contributed by atoms with Crippen LogP contribution in [0.5, 0.6) is 0 Å². The van der Waals surface area contributed by atoms with Crippen molar-refractivity contribution in [3.63, 3.8) is 0 Å². The van der Waals surface area contributed by atoms with E-state index in [2.05, 4.69) is 10.6 Å². The molecular weight excluding hydrogens is 459 g/mol. The number of amides is 2. The van der Waals surface area contributed by atoms with Crippen molar-refractivity contribution in [3.8, 4) is 11.3 Å². The SMILES string of the molecule is O=C(Nc1ccccc1)C(=Cc1ccc(-c2cccc(Cl)c2Cl)o1)C(=O)Nc1ccccc1. The molecule has 3 aromatic carbocycles. The summed E-state index contributed by atoms with van der Waals surface area (Å²) in [4.78, 5) is 26.0. The minimum Gasteiger partial charge on any atom is -0.457 e. The van der Waals surface area contributed by atoms with Crippen LogP contribution in [0.25, 0.3) is 17.4 Å². The van der Waals surface area contributed by atoms with E-state index >= 15 is 0 Å². The van der Waals surface area contributed by atoms with Gasteiger partial charge in [0, 0.05) is 16.9 Å². The molecular formula is C26H18Cl2N2O3. The van der Waals surface area contributed by atoms with Crippen molar-refractivity contribution in [2.45, 2.75) is 0 Å². The lowest BCUT2D eigenvalue weighted by atomic mass is 10.1. The Balaban J connectivity index is 1.66. The molecule has 0 atom stereocenters. The number of nitrogens with one attached hydrogen (secondary N) is 2. The molecule has 0 saturated heterocycles. The molecule has 0 aliphatic carbocycles. The van der Waals surface area contributed by atoms with Crippen molar-refractivity contribution in [2.75, 3.05) is 10.6 Å². The van der Waals surface area contributed by atoms with Crippen LogP contribution >= 0.6 is 23.2 Å². The van der Waals surface area contributed by atoms with Gasteiger partial charge >= 0.3 is 0 Å². The average Bonchev–Trinajstić information content (AvgIpc) is 3.29. The van der Waals surface area contributed by atoms with E-state index in [1.54, 1.807) is 78.9 Å². The highest BCUT2D eigenvalue weighted by Gasteiger charge is 2.20. The molecule has 33 heavy (non-hydrogen) atoms. The van der Waals surface area contributed by atoms with Crippen LogP contribution in [0.1, 0.15) is 5.76 Å². The topological polar surface area (TPSA) is 71.3 Å². The third kappa shape index (κ3) is 5.52. The van der Waals surface area contributed by atoms with Crippen LogP contribution in [-0.2, 0) is 9.59 Å². The summed E-state index contributed by atoms with van der Waals surface area (Å²) in [6.07, 6.45) is 1.39. The highest BCUT2D eigenvalue weighted by atomic mass is 35.5. The average molecular weight is 477 g/mol. The van der Waals surface area contributed by atoms with E-state index in [0.717, 1.165) is 0 Å². The van der Waals surface area contributed by atoms with Gasteiger partial charge in [-0.1, -0.05) is 65.7 Å². The minimum atomic E-state index is -0.576. The molecule has 164 valence electrons. The number of hydrogen-bond acceptors (Lipinski definition) is 3. The van der Waals surface area contributed by atoms with E-state index in [0.29, 0.717) is 38.5 Å². The van der Waals surface area contributed by atoms with Gasteiger partial charge in [-0.15, -0.1) is 0 Å². The largest absolute Gasteiger partial charge is 0.457 e. The third-order valence-electron chi connectivity index (χ3n) is 4.68. The molecule has 1 aromatic heterocycles. The molecule has 2 amide bonds. The fraction of sp³-hybridized carbons (Fsp3) is 0. The van der Waals surface area contributed by atoms with E-state index in [4.69, 9.17) is 27.6 Å². The second kappa shape index (κ2) is 10.2. The highest BCUT2D eigenvalue weighted by molar-refractivity contribution is 6.43. The maximum absolute atomic E-state index is 13.0. The first-order chi connectivity index (χ1) is 16.0. The lowest BCUT2D eigenvalue weighted by Crippen LogP contribution is -2.25. The summed E-state index contributed by atoms with van der Waals surface area (Å²) in [6, 6.07) is 26.3. The number of carbonyl (C=O) groups excluding carboxylic acids is 2. The normalized spacial score (nSPS) is 10.4. The third-order valence-corrected chi connectivity index (χ3v) is 5.50. The molecule has 5 nitrogen and oxygen atoms in total. The first kappa shape index (κ1) is 22.4. The van der Waals surface area contributed by atoms with Crippen LogP contribution in [0.15, 0.2) is 101 Å². The molecule has 0 unspecified atom stereocenters. The van der Waals surface area contributed by atoms with Gasteiger partial charge in [0.25, 0.3) is 11.8 Å². The van der Waals surface area contributed by atoms with Gasteiger partial charge in [0.05, 0.1) is 10.0 Å². The number of rotatable bonds is 6. The molecule has 7 heteroatoms. The van der Waals surface area contributed by atoms with Gasteiger partial charge in [-0.25, -0.2) is 0 Å². The van der Waals surface area contributed by atoms with Crippen LogP contribution in [0.4, 0.5) is 11.4 Å². The van der Waals surface area contributed by atoms with Crippen LogP contribution in [0, 0.1) is 0 Å². The van der Waals surface area contributed by atoms with Gasteiger partial charge in [-0.2, -0.15) is 0 Å². The van der Waals surface area contributed by atoms with Gasteiger partial charge in [-0.05, 0) is 54.6 Å². The van der Waals surface area contributed by atoms with Gasteiger partial charge in [0.1, 0.15) is 17.1 Å². The summed E-state index contributed by atoms with van der Waals surface area (Å²) in [5, 5.41) is 6.22. The fourth-order valence-electron chi connectivity index (χ4n) is 3.09. The minimum absolute atomic E-state index is 0.124. The van der Waals surface area contributed by atoms with E-state index < -0.39 is 11.8 Å². The summed E-state index contributed by atoms with van der Waals surface area (Å²) >= 11 is 12.4. The summed E-state index contributed by atoms with van der Waals surface area (Å²) in [5.74, 6) is -0.385. The zero-order chi connectivity index (χ0) is 23.2. The number of anilines is 2. The second-order valence-electron chi connectivity index (χ2n) is 7.00. The number of furan rings is 1. The zero-order valence-electron chi connectivity index (χ0n) is 17.2. The van der Waals surface area contributed by atoms with Crippen LogP contribution < -0.4 is 10.6 Å². The Morgan fingerprint density at radius 1 is 0.697 bits per heavy atom. The Morgan fingerprint density at radius 2 is 1.27 bits per heavy atom. The quantitative estimate of drug-likeness (QED) is 0.180. The molecule has 0 radical (unpaired) electrons.